The van der Waals surface area contributed by atoms with Gasteiger partial charge in [0.15, 0.2) is 6.10 Å². The third-order valence-corrected chi connectivity index (χ3v) is 3.59. The largest absolute Gasteiger partial charge is 0.496 e. The zero-order valence-electron chi connectivity index (χ0n) is 12.5. The molecule has 1 aromatic rings. The van der Waals surface area contributed by atoms with Crippen LogP contribution in [0.2, 0.25) is 0 Å². The summed E-state index contributed by atoms with van der Waals surface area (Å²) in [5.74, 6) is 0.496. The fourth-order valence-corrected chi connectivity index (χ4v) is 2.44. The van der Waals surface area contributed by atoms with Crippen LogP contribution in [0, 0.1) is 0 Å². The molecule has 0 radical (unpaired) electrons. The summed E-state index contributed by atoms with van der Waals surface area (Å²) in [7, 11) is 3.02. The standard InChI is InChI=1S/C15H22N2O4/c1-19-13-4-3-11(8-16)7-12(13)9-17-5-6-21-14(10-17)15(18)20-2/h3-4,7,14H,5-6,8-10,16H2,1-2H3. The Hall–Kier alpha value is -1.63. The Labute approximate surface area is 124 Å². The lowest BCUT2D eigenvalue weighted by Crippen LogP contribution is -2.46. The van der Waals surface area contributed by atoms with Crippen molar-refractivity contribution in [1.29, 1.82) is 0 Å². The number of hydrogen-bond acceptors (Lipinski definition) is 6. The Balaban J connectivity index is 2.08. The fourth-order valence-electron chi connectivity index (χ4n) is 2.44. The minimum Gasteiger partial charge on any atom is -0.496 e. The first-order valence-corrected chi connectivity index (χ1v) is 6.95. The molecule has 116 valence electrons. The van der Waals surface area contributed by atoms with Gasteiger partial charge in [-0.15, -0.1) is 0 Å². The van der Waals surface area contributed by atoms with Gasteiger partial charge >= 0.3 is 5.97 Å². The molecule has 2 N–H and O–H groups in total. The molecule has 0 spiro atoms. The van der Waals surface area contributed by atoms with Crippen LogP contribution in [0.5, 0.6) is 5.75 Å². The Bertz CT molecular complexity index is 493. The molecular formula is C15H22N2O4. The monoisotopic (exact) mass is 294 g/mol. The van der Waals surface area contributed by atoms with Gasteiger partial charge in [0.1, 0.15) is 5.75 Å². The SMILES string of the molecule is COC(=O)C1CN(Cc2cc(CN)ccc2OC)CCO1. The van der Waals surface area contributed by atoms with Gasteiger partial charge in [0.25, 0.3) is 0 Å². The zero-order chi connectivity index (χ0) is 15.2. The minimum absolute atomic E-state index is 0.331. The van der Waals surface area contributed by atoms with Crippen molar-refractivity contribution in [3.05, 3.63) is 29.3 Å². The molecular weight excluding hydrogens is 272 g/mol. The average Bonchev–Trinajstić information content (AvgIpc) is 2.54. The number of esters is 1. The molecule has 1 heterocycles. The van der Waals surface area contributed by atoms with Crippen LogP contribution < -0.4 is 10.5 Å². The minimum atomic E-state index is -0.521. The second kappa shape index (κ2) is 7.40. The van der Waals surface area contributed by atoms with Gasteiger partial charge in [-0.05, 0) is 17.7 Å². The quantitative estimate of drug-likeness (QED) is 0.799. The van der Waals surface area contributed by atoms with Crippen molar-refractivity contribution in [2.24, 2.45) is 5.73 Å². The van der Waals surface area contributed by atoms with Gasteiger partial charge in [-0.25, -0.2) is 4.79 Å². The number of rotatable bonds is 5. The second-order valence-electron chi connectivity index (χ2n) is 4.97. The van der Waals surface area contributed by atoms with Crippen LogP contribution in [0.4, 0.5) is 0 Å². The van der Waals surface area contributed by atoms with Gasteiger partial charge in [-0.2, -0.15) is 0 Å². The lowest BCUT2D eigenvalue weighted by atomic mass is 10.1. The van der Waals surface area contributed by atoms with E-state index in [1.54, 1.807) is 7.11 Å². The maximum atomic E-state index is 11.6. The number of carbonyl (C=O) groups is 1. The Kier molecular flexibility index (Phi) is 5.55. The van der Waals surface area contributed by atoms with E-state index < -0.39 is 6.10 Å². The predicted molar refractivity (Wildman–Crippen MR) is 77.9 cm³/mol. The first-order chi connectivity index (χ1) is 10.2. The van der Waals surface area contributed by atoms with Gasteiger partial charge < -0.3 is 19.9 Å². The van der Waals surface area contributed by atoms with E-state index in [4.69, 9.17) is 19.9 Å². The number of nitrogens with two attached hydrogens (primary N) is 1. The highest BCUT2D eigenvalue weighted by atomic mass is 16.6. The van der Waals surface area contributed by atoms with Crippen molar-refractivity contribution in [3.8, 4) is 5.75 Å². The van der Waals surface area contributed by atoms with Crippen LogP contribution in [0.25, 0.3) is 0 Å². The van der Waals surface area contributed by atoms with E-state index in [1.165, 1.54) is 7.11 Å². The van der Waals surface area contributed by atoms with Crippen molar-refractivity contribution in [2.75, 3.05) is 33.9 Å². The summed E-state index contributed by atoms with van der Waals surface area (Å²) in [4.78, 5) is 13.7. The fraction of sp³-hybridized carbons (Fsp3) is 0.533. The summed E-state index contributed by atoms with van der Waals surface area (Å²) >= 11 is 0. The molecule has 1 atom stereocenters. The summed E-state index contributed by atoms with van der Waals surface area (Å²) < 4.78 is 15.6. The highest BCUT2D eigenvalue weighted by molar-refractivity contribution is 5.74. The third-order valence-electron chi connectivity index (χ3n) is 3.59. The average molecular weight is 294 g/mol. The molecule has 1 saturated heterocycles. The van der Waals surface area contributed by atoms with Crippen LogP contribution >= 0.6 is 0 Å². The maximum Gasteiger partial charge on any atom is 0.336 e. The number of carbonyl (C=O) groups excluding carboxylic acids is 1. The molecule has 6 nitrogen and oxygen atoms in total. The first kappa shape index (κ1) is 15.8. The third kappa shape index (κ3) is 3.93. The molecule has 21 heavy (non-hydrogen) atoms. The van der Waals surface area contributed by atoms with E-state index in [2.05, 4.69) is 4.90 Å². The van der Waals surface area contributed by atoms with Crippen LogP contribution in [-0.2, 0) is 27.4 Å². The summed E-state index contributed by atoms with van der Waals surface area (Å²) in [5.41, 5.74) is 7.81. The molecule has 1 unspecified atom stereocenters. The normalized spacial score (nSPS) is 19.3. The van der Waals surface area contributed by atoms with E-state index in [0.717, 1.165) is 23.4 Å². The molecule has 2 rings (SSSR count). The Morgan fingerprint density at radius 3 is 2.95 bits per heavy atom. The number of nitrogens with zero attached hydrogens (tertiary/aromatic N) is 1. The molecule has 1 fully saturated rings. The first-order valence-electron chi connectivity index (χ1n) is 6.95. The molecule has 6 heteroatoms. The highest BCUT2D eigenvalue weighted by Gasteiger charge is 2.27. The summed E-state index contributed by atoms with van der Waals surface area (Å²) in [5, 5.41) is 0. The van der Waals surface area contributed by atoms with Gasteiger partial charge in [0.05, 0.1) is 20.8 Å². The lowest BCUT2D eigenvalue weighted by Gasteiger charge is -2.31. The van der Waals surface area contributed by atoms with E-state index in [-0.39, 0.29) is 5.97 Å². The molecule has 0 aromatic heterocycles. The Morgan fingerprint density at radius 2 is 2.29 bits per heavy atom. The van der Waals surface area contributed by atoms with Crippen molar-refractivity contribution in [3.63, 3.8) is 0 Å². The van der Waals surface area contributed by atoms with E-state index in [0.29, 0.717) is 26.2 Å². The molecule has 1 aliphatic heterocycles. The van der Waals surface area contributed by atoms with Crippen molar-refractivity contribution < 1.29 is 19.0 Å². The van der Waals surface area contributed by atoms with E-state index in [1.807, 2.05) is 18.2 Å². The van der Waals surface area contributed by atoms with Gasteiger partial charge in [0, 0.05) is 31.7 Å². The van der Waals surface area contributed by atoms with Crippen molar-refractivity contribution in [2.45, 2.75) is 19.2 Å². The molecule has 0 amide bonds. The highest BCUT2D eigenvalue weighted by Crippen LogP contribution is 2.22. The number of ether oxygens (including phenoxy) is 3. The lowest BCUT2D eigenvalue weighted by molar-refractivity contribution is -0.160. The number of morpholine rings is 1. The summed E-state index contributed by atoms with van der Waals surface area (Å²) in [6.45, 7) is 2.98. The molecule has 1 aliphatic rings. The van der Waals surface area contributed by atoms with Crippen LogP contribution in [-0.4, -0.2) is 50.9 Å². The predicted octanol–water partition coefficient (Wildman–Crippen LogP) is 0.528. The zero-order valence-corrected chi connectivity index (χ0v) is 12.5. The number of methoxy groups -OCH3 is 2. The van der Waals surface area contributed by atoms with Crippen LogP contribution in [0.1, 0.15) is 11.1 Å². The molecule has 0 saturated carbocycles. The van der Waals surface area contributed by atoms with Crippen LogP contribution in [0.15, 0.2) is 18.2 Å². The van der Waals surface area contributed by atoms with Gasteiger partial charge in [-0.3, -0.25) is 4.90 Å². The number of hydrogen-bond donors (Lipinski definition) is 1. The summed E-state index contributed by atoms with van der Waals surface area (Å²) in [6.07, 6.45) is -0.521. The number of benzene rings is 1. The topological polar surface area (TPSA) is 74.0 Å². The van der Waals surface area contributed by atoms with Crippen molar-refractivity contribution in [1.82, 2.24) is 4.90 Å². The van der Waals surface area contributed by atoms with Crippen LogP contribution in [0.3, 0.4) is 0 Å². The molecule has 0 aliphatic carbocycles. The maximum absolute atomic E-state index is 11.6. The Morgan fingerprint density at radius 1 is 1.48 bits per heavy atom. The van der Waals surface area contributed by atoms with E-state index in [9.17, 15) is 4.79 Å². The van der Waals surface area contributed by atoms with Crippen molar-refractivity contribution >= 4 is 5.97 Å². The van der Waals surface area contributed by atoms with E-state index >= 15 is 0 Å². The van der Waals surface area contributed by atoms with Gasteiger partial charge in [0.2, 0.25) is 0 Å². The second-order valence-corrected chi connectivity index (χ2v) is 4.97. The molecule has 0 bridgehead atoms. The summed E-state index contributed by atoms with van der Waals surface area (Å²) in [6, 6.07) is 5.93. The molecule has 1 aromatic carbocycles. The van der Waals surface area contributed by atoms with Gasteiger partial charge in [-0.1, -0.05) is 6.07 Å². The smallest absolute Gasteiger partial charge is 0.336 e.